The molecule has 0 fully saturated rings. The van der Waals surface area contributed by atoms with Crippen LogP contribution in [0.15, 0.2) is 252 Å². The van der Waals surface area contributed by atoms with Crippen LogP contribution in [0.1, 0.15) is 206 Å². The lowest BCUT2D eigenvalue weighted by molar-refractivity contribution is -0.176. The predicted molar refractivity (Wildman–Crippen MR) is 497 cm³/mol. The summed E-state index contributed by atoms with van der Waals surface area (Å²) in [6.07, 6.45) is 23.1. The van der Waals surface area contributed by atoms with Crippen molar-refractivity contribution in [3.63, 3.8) is 0 Å². The molecule has 7 rings (SSSR count). The van der Waals surface area contributed by atoms with Crippen LogP contribution < -0.4 is 23.7 Å². The molecule has 23 nitrogen and oxygen atoms in total. The second-order valence-corrected chi connectivity index (χ2v) is 29.5. The fraction of sp³-hybridized carbons (Fsp3) is 0.385. The van der Waals surface area contributed by atoms with Crippen molar-refractivity contribution in [3.05, 3.63) is 285 Å². The van der Waals surface area contributed by atoms with E-state index in [1.54, 1.807) is 79.7 Å². The van der Waals surface area contributed by atoms with E-state index in [4.69, 9.17) is 66.8 Å². The van der Waals surface area contributed by atoms with Crippen LogP contribution in [0, 0.1) is 35.5 Å². The highest BCUT2D eigenvalue weighted by molar-refractivity contribution is 6.02. The molecule has 686 valence electrons. The molecule has 0 heterocycles. The number of unbranched alkanes of at least 4 members (excludes halogenated alkanes) is 7. The van der Waals surface area contributed by atoms with Gasteiger partial charge in [-0.3, -0.25) is 4.79 Å². The van der Waals surface area contributed by atoms with Crippen LogP contribution in [0.5, 0.6) is 28.7 Å². The molecule has 0 aliphatic rings. The summed E-state index contributed by atoms with van der Waals surface area (Å²) in [6.45, 7) is 40.8. The zero-order chi connectivity index (χ0) is 93.2. The molecule has 23 heteroatoms. The molecular formula is C104H133NO22. The van der Waals surface area contributed by atoms with Gasteiger partial charge in [-0.2, -0.15) is 5.26 Å². The summed E-state index contributed by atoms with van der Waals surface area (Å²) in [6, 6.07) is 53.4. The van der Waals surface area contributed by atoms with Gasteiger partial charge in [-0.15, -0.1) is 0 Å². The number of ether oxygens (including phenoxy) is 13. The molecule has 0 saturated carbocycles. The van der Waals surface area contributed by atoms with E-state index in [0.29, 0.717) is 127 Å². The van der Waals surface area contributed by atoms with Gasteiger partial charge in [0.2, 0.25) is 5.78 Å². The molecule has 0 aliphatic carbocycles. The number of nitrogens with zero attached hydrogens (tertiary/aromatic N) is 1. The summed E-state index contributed by atoms with van der Waals surface area (Å²) in [4.78, 5) is 103. The average molecular weight is 1750 g/mol. The third-order valence-electron chi connectivity index (χ3n) is 18.2. The maximum absolute atomic E-state index is 12.7. The van der Waals surface area contributed by atoms with Gasteiger partial charge in [0.05, 0.1) is 82.2 Å². The molecule has 0 aliphatic heterocycles. The predicted octanol–water partition coefficient (Wildman–Crippen LogP) is 22.4. The van der Waals surface area contributed by atoms with Crippen molar-refractivity contribution in [2.75, 3.05) is 73.7 Å². The van der Waals surface area contributed by atoms with Crippen molar-refractivity contribution >= 4 is 53.5 Å². The summed E-state index contributed by atoms with van der Waals surface area (Å²) in [5, 5.41) is 8.84. The molecule has 7 aromatic carbocycles. The first-order valence-electron chi connectivity index (χ1n) is 42.4. The van der Waals surface area contributed by atoms with E-state index >= 15 is 0 Å². The number of methoxy groups -OCH3 is 2. The average Bonchev–Trinajstić information content (AvgIpc) is 0.786. The summed E-state index contributed by atoms with van der Waals surface area (Å²) in [5.41, 5.74) is 5.65. The molecule has 0 radical (unpaired) electrons. The van der Waals surface area contributed by atoms with Gasteiger partial charge in [0.25, 0.3) is 5.79 Å². The number of carbonyl (C=O) groups excluding carboxylic acids is 9. The van der Waals surface area contributed by atoms with E-state index in [2.05, 4.69) is 94.0 Å². The lowest BCUT2D eigenvalue weighted by Gasteiger charge is -2.29. The van der Waals surface area contributed by atoms with Gasteiger partial charge < -0.3 is 61.6 Å². The fourth-order valence-corrected chi connectivity index (χ4v) is 11.5. The summed E-state index contributed by atoms with van der Waals surface area (Å²) in [5.74, 6) is -1.35. The minimum Gasteiger partial charge on any atom is -0.494 e. The Morgan fingerprint density at radius 2 is 0.787 bits per heavy atom. The van der Waals surface area contributed by atoms with Gasteiger partial charge in [-0.25, -0.2) is 38.4 Å². The Labute approximate surface area is 753 Å². The molecule has 0 saturated heterocycles. The molecule has 0 N–H and O–H groups in total. The van der Waals surface area contributed by atoms with Crippen LogP contribution in [0.4, 0.5) is 0 Å². The number of hydrogen-bond acceptors (Lipinski definition) is 23. The van der Waals surface area contributed by atoms with Crippen LogP contribution in [0.3, 0.4) is 0 Å². The van der Waals surface area contributed by atoms with Gasteiger partial charge in [0, 0.05) is 74.6 Å². The van der Waals surface area contributed by atoms with Crippen molar-refractivity contribution in [3.8, 4) is 45.9 Å². The molecule has 127 heavy (non-hydrogen) atoms. The van der Waals surface area contributed by atoms with Gasteiger partial charge >= 0.3 is 47.8 Å². The van der Waals surface area contributed by atoms with Crippen molar-refractivity contribution < 1.29 is 105 Å². The highest BCUT2D eigenvalue weighted by atomic mass is 16.7. The third kappa shape index (κ3) is 49.5. The molecular weight excluding hydrogens is 1620 g/mol. The SMILES string of the molecule is C.C=CC(=O)OCC(CC)CCCC.C=CC(=O)OCCC(C)CC(C)(C)C.C=CC(=O)OCCCCCC.C=CC(=O)OCCCCCCOc1ccc(-c2ccc(C#N)cc2)cc1.C=CC(=O)OCCCOc1ccc(C(=O)Oc2ccc(OC(=O)c3ccc(OCCCOC(=O)C=C)cc3)c(C)c2)cc1.COC(OC)(C(=O)c1ccccc1)c1ccccc1. The maximum atomic E-state index is 12.7. The highest BCUT2D eigenvalue weighted by Gasteiger charge is 2.41. The zero-order valence-corrected chi connectivity index (χ0v) is 75.2. The number of carbonyl (C=O) groups is 9. The third-order valence-corrected chi connectivity index (χ3v) is 18.2. The first-order valence-corrected chi connectivity index (χ1v) is 42.4. The quantitative estimate of drug-likeness (QED) is 0.00651. The Morgan fingerprint density at radius 1 is 0.409 bits per heavy atom. The van der Waals surface area contributed by atoms with Gasteiger partial charge in [0.1, 0.15) is 28.7 Å². The van der Waals surface area contributed by atoms with Crippen molar-refractivity contribution in [1.29, 1.82) is 5.26 Å². The van der Waals surface area contributed by atoms with Crippen molar-refractivity contribution in [2.24, 2.45) is 17.3 Å². The lowest BCUT2D eigenvalue weighted by atomic mass is 9.84. The summed E-state index contributed by atoms with van der Waals surface area (Å²) in [7, 11) is 2.94. The monoisotopic (exact) mass is 1750 g/mol. The highest BCUT2D eigenvalue weighted by Crippen LogP contribution is 2.32. The standard InChI is InChI=1S/C33H32O10.C22H23NO3.C16H16O3.C12H22O2.C11H20O2.C9H16O2.CH4/c1-4-30(34)40-20-6-18-38-26-12-8-24(9-13-26)32(36)42-28-16-17-29(23(3)22-28)43-33(37)25-10-14-27(15-11-25)39-19-7-21-41-31(35)5-2;1-2-22(24)26-16-6-4-3-5-15-25-21-13-11-20(12-14-21)19-9-7-18(17-23)8-10-19;1-18-16(19-2,14-11-7-4-8-12-14)15(17)13-9-5-3-6-10-13;1-6-11(13)14-8-7-10(2)9-12(3,4)5;1-4-7-8-10(5-2)9-13-11(12)6-3;1-3-5-6-7-8-11-9(10)4-2;/h4-5,8-17,22H,1-2,6-7,18-21H2,3H3;2,7-14H,1,3-6,15-16H2;3-12H,1-2H3;6,10H,1,7-9H2,2-5H3;6,10H,3-5,7-9H2,1-2H3;4H,2-3,5-8H2,1H3;1H4. The maximum Gasteiger partial charge on any atom is 0.343 e. The Morgan fingerprint density at radius 3 is 1.20 bits per heavy atom. The van der Waals surface area contributed by atoms with Crippen LogP contribution in [0.2, 0.25) is 0 Å². The number of ketones is 1. The second-order valence-electron chi connectivity index (χ2n) is 29.5. The number of esters is 8. The van der Waals surface area contributed by atoms with E-state index in [1.165, 1.54) is 70.3 Å². The van der Waals surface area contributed by atoms with E-state index < -0.39 is 29.7 Å². The van der Waals surface area contributed by atoms with Gasteiger partial charge in [-0.05, 0) is 183 Å². The number of Topliss-reactive ketones (excluding diaryl/α,β-unsaturated/α-hetero) is 1. The van der Waals surface area contributed by atoms with Crippen molar-refractivity contribution in [1.82, 2.24) is 0 Å². The Balaban J connectivity index is 0.000000822. The first kappa shape index (κ1) is 112. The molecule has 7 aromatic rings. The number of hydrogen-bond donors (Lipinski definition) is 0. The topological polar surface area (TPSA) is 297 Å². The Kier molecular flexibility index (Phi) is 59.7. The Bertz CT molecular complexity index is 4430. The van der Waals surface area contributed by atoms with E-state index in [-0.39, 0.29) is 56.1 Å². The molecule has 0 aromatic heterocycles. The fourth-order valence-electron chi connectivity index (χ4n) is 11.5. The first-order chi connectivity index (χ1) is 60.6. The Hall–Kier alpha value is -12.8. The molecule has 2 unspecified atom stereocenters. The second kappa shape index (κ2) is 67.6. The van der Waals surface area contributed by atoms with Crippen molar-refractivity contribution in [2.45, 2.75) is 171 Å². The minimum atomic E-state index is -1.40. The van der Waals surface area contributed by atoms with Gasteiger partial charge in [0.15, 0.2) is 0 Å². The van der Waals surface area contributed by atoms with E-state index in [0.717, 1.165) is 93.2 Å². The molecule has 0 spiro atoms. The lowest BCUT2D eigenvalue weighted by Crippen LogP contribution is -2.39. The zero-order valence-electron chi connectivity index (χ0n) is 75.2. The van der Waals surface area contributed by atoms with Gasteiger partial charge in [-0.1, -0.05) is 219 Å². The molecule has 0 amide bonds. The minimum absolute atomic E-state index is 0. The number of aryl methyl sites for hydroxylation is 1. The molecule has 0 bridgehead atoms. The number of benzene rings is 7. The van der Waals surface area contributed by atoms with E-state index in [9.17, 15) is 43.2 Å². The number of nitriles is 1. The summed E-state index contributed by atoms with van der Waals surface area (Å²) < 4.78 is 68.1. The van der Waals surface area contributed by atoms with Crippen LogP contribution in [0.25, 0.3) is 11.1 Å². The summed E-state index contributed by atoms with van der Waals surface area (Å²) >= 11 is 0. The largest absolute Gasteiger partial charge is 0.494 e. The van der Waals surface area contributed by atoms with E-state index in [1.807, 2.05) is 97.1 Å². The smallest absolute Gasteiger partial charge is 0.343 e. The van der Waals surface area contributed by atoms with Crippen LogP contribution in [-0.2, 0) is 72.4 Å². The van der Waals surface area contributed by atoms with Crippen LogP contribution in [-0.4, -0.2) is 127 Å². The van der Waals surface area contributed by atoms with Crippen LogP contribution >= 0.6 is 0 Å². The normalized spacial score (nSPS) is 10.7. The number of rotatable bonds is 49. The molecule has 2 atom stereocenters.